The third kappa shape index (κ3) is 5.21. The molecule has 1 amide bonds. The number of carbonyl (C=O) groups is 1. The highest BCUT2D eigenvalue weighted by Gasteiger charge is 2.34. The number of methoxy groups -OCH3 is 1. The van der Waals surface area contributed by atoms with Crippen LogP contribution in [0, 0.1) is 0 Å². The second kappa shape index (κ2) is 10.1. The highest BCUT2D eigenvalue weighted by Crippen LogP contribution is 2.39. The molecular weight excluding hydrogens is 382 g/mol. The van der Waals surface area contributed by atoms with Crippen molar-refractivity contribution in [2.75, 3.05) is 20.2 Å². The zero-order chi connectivity index (χ0) is 18.4. The van der Waals surface area contributed by atoms with E-state index in [2.05, 4.69) is 22.4 Å². The first-order chi connectivity index (χ1) is 12.7. The van der Waals surface area contributed by atoms with E-state index >= 15 is 0 Å². The average Bonchev–Trinajstić information content (AvgIpc) is 3.16. The number of thiazole rings is 1. The molecule has 0 radical (unpaired) electrons. The molecule has 2 aromatic rings. The number of nitrogens with one attached hydrogen (secondary N) is 1. The number of aromatic nitrogens is 1. The van der Waals surface area contributed by atoms with E-state index in [9.17, 15) is 4.79 Å². The lowest BCUT2D eigenvalue weighted by molar-refractivity contribution is 0.0932. The number of halogens is 1. The number of carbonyl (C=O) groups excluding carboxylic acids is 1. The molecule has 7 heteroatoms. The lowest BCUT2D eigenvalue weighted by atomic mass is 9.69. The second-order valence-electron chi connectivity index (χ2n) is 6.92. The molecule has 0 unspecified atom stereocenters. The Labute approximate surface area is 171 Å². The van der Waals surface area contributed by atoms with Crippen LogP contribution in [0.25, 0.3) is 0 Å². The van der Waals surface area contributed by atoms with Crippen LogP contribution in [0.3, 0.4) is 0 Å². The van der Waals surface area contributed by atoms with Crippen molar-refractivity contribution in [2.45, 2.75) is 43.9 Å². The first-order valence-electron chi connectivity index (χ1n) is 9.24. The van der Waals surface area contributed by atoms with E-state index in [1.165, 1.54) is 36.2 Å². The SMILES string of the molecule is COc1ccc(C2(CNC(=O)c3csc(CCN)n3)CCCCC2)cc1.Cl. The minimum Gasteiger partial charge on any atom is -0.497 e. The van der Waals surface area contributed by atoms with E-state index in [-0.39, 0.29) is 23.7 Å². The minimum absolute atomic E-state index is 0. The topological polar surface area (TPSA) is 77.2 Å². The van der Waals surface area contributed by atoms with Crippen molar-refractivity contribution < 1.29 is 9.53 Å². The van der Waals surface area contributed by atoms with Gasteiger partial charge in [0.1, 0.15) is 11.4 Å². The number of ether oxygens (including phenoxy) is 1. The summed E-state index contributed by atoms with van der Waals surface area (Å²) in [5.41, 5.74) is 7.34. The van der Waals surface area contributed by atoms with Crippen LogP contribution in [0.4, 0.5) is 0 Å². The van der Waals surface area contributed by atoms with Gasteiger partial charge in [-0.25, -0.2) is 4.98 Å². The summed E-state index contributed by atoms with van der Waals surface area (Å²) in [5.74, 6) is 0.765. The predicted octanol–water partition coefficient (Wildman–Crippen LogP) is 3.71. The van der Waals surface area contributed by atoms with Gasteiger partial charge in [-0.05, 0) is 37.1 Å². The zero-order valence-corrected chi connectivity index (χ0v) is 17.3. The Hall–Kier alpha value is -1.63. The molecule has 0 aliphatic heterocycles. The molecular formula is C20H28ClN3O2S. The minimum atomic E-state index is -0.0945. The third-order valence-electron chi connectivity index (χ3n) is 5.24. The van der Waals surface area contributed by atoms with E-state index in [1.54, 1.807) is 7.11 Å². The van der Waals surface area contributed by atoms with Crippen LogP contribution in [0.5, 0.6) is 5.75 Å². The molecule has 1 heterocycles. The van der Waals surface area contributed by atoms with Gasteiger partial charge in [0.2, 0.25) is 0 Å². The number of amides is 1. The molecule has 1 aliphatic carbocycles. The highest BCUT2D eigenvalue weighted by molar-refractivity contribution is 7.09. The fraction of sp³-hybridized carbons (Fsp3) is 0.500. The Morgan fingerprint density at radius 1 is 1.26 bits per heavy atom. The quantitative estimate of drug-likeness (QED) is 0.730. The molecule has 1 aliphatic rings. The van der Waals surface area contributed by atoms with Gasteiger partial charge in [-0.2, -0.15) is 0 Å². The monoisotopic (exact) mass is 409 g/mol. The van der Waals surface area contributed by atoms with Crippen molar-refractivity contribution in [1.82, 2.24) is 10.3 Å². The van der Waals surface area contributed by atoms with E-state index in [0.29, 0.717) is 25.2 Å². The standard InChI is InChI=1S/C20H27N3O2S.ClH/c1-25-16-7-5-15(6-8-16)20(10-3-2-4-11-20)14-22-19(24)17-13-26-18(23-17)9-12-21;/h5-8,13H,2-4,9-12,14,21H2,1H3,(H,22,24);1H. The van der Waals surface area contributed by atoms with Gasteiger partial charge in [0.25, 0.3) is 5.91 Å². The largest absolute Gasteiger partial charge is 0.497 e. The fourth-order valence-corrected chi connectivity index (χ4v) is 4.53. The van der Waals surface area contributed by atoms with Crippen molar-refractivity contribution in [2.24, 2.45) is 5.73 Å². The van der Waals surface area contributed by atoms with Crippen LogP contribution in [0.15, 0.2) is 29.6 Å². The third-order valence-corrected chi connectivity index (χ3v) is 6.15. The number of rotatable bonds is 7. The van der Waals surface area contributed by atoms with Crippen LogP contribution >= 0.6 is 23.7 Å². The maximum atomic E-state index is 12.6. The molecule has 0 bridgehead atoms. The van der Waals surface area contributed by atoms with Gasteiger partial charge in [0, 0.05) is 23.8 Å². The van der Waals surface area contributed by atoms with Gasteiger partial charge in [-0.3, -0.25) is 4.79 Å². The summed E-state index contributed by atoms with van der Waals surface area (Å²) in [6.45, 7) is 1.19. The Morgan fingerprint density at radius 3 is 2.59 bits per heavy atom. The summed E-state index contributed by atoms with van der Waals surface area (Å²) in [6, 6.07) is 8.29. The fourth-order valence-electron chi connectivity index (χ4n) is 3.73. The van der Waals surface area contributed by atoms with E-state index in [4.69, 9.17) is 10.5 Å². The van der Waals surface area contributed by atoms with Gasteiger partial charge >= 0.3 is 0 Å². The van der Waals surface area contributed by atoms with E-state index in [1.807, 2.05) is 17.5 Å². The molecule has 0 atom stereocenters. The molecule has 1 aromatic heterocycles. The van der Waals surface area contributed by atoms with Crippen molar-refractivity contribution >= 4 is 29.7 Å². The predicted molar refractivity (Wildman–Crippen MR) is 112 cm³/mol. The maximum Gasteiger partial charge on any atom is 0.270 e. The summed E-state index contributed by atoms with van der Waals surface area (Å²) in [7, 11) is 1.68. The van der Waals surface area contributed by atoms with Crippen LogP contribution in [-0.4, -0.2) is 31.1 Å². The van der Waals surface area contributed by atoms with Crippen LogP contribution in [0.1, 0.15) is 53.2 Å². The number of nitrogens with two attached hydrogens (primary N) is 1. The van der Waals surface area contributed by atoms with Gasteiger partial charge in [0.15, 0.2) is 0 Å². The van der Waals surface area contributed by atoms with Crippen molar-refractivity contribution in [1.29, 1.82) is 0 Å². The Balaban J connectivity index is 0.00000261. The van der Waals surface area contributed by atoms with Crippen molar-refractivity contribution in [3.8, 4) is 5.75 Å². The molecule has 1 fully saturated rings. The number of hydrogen-bond acceptors (Lipinski definition) is 5. The van der Waals surface area contributed by atoms with Gasteiger partial charge in [0.05, 0.1) is 12.1 Å². The summed E-state index contributed by atoms with van der Waals surface area (Å²) >= 11 is 1.50. The first-order valence-corrected chi connectivity index (χ1v) is 10.1. The molecule has 5 nitrogen and oxygen atoms in total. The lowest BCUT2D eigenvalue weighted by Crippen LogP contribution is -2.42. The van der Waals surface area contributed by atoms with Crippen LogP contribution in [0.2, 0.25) is 0 Å². The molecule has 0 saturated heterocycles. The van der Waals surface area contributed by atoms with E-state index < -0.39 is 0 Å². The van der Waals surface area contributed by atoms with Crippen LogP contribution < -0.4 is 15.8 Å². The molecule has 3 rings (SSSR count). The highest BCUT2D eigenvalue weighted by atomic mass is 35.5. The van der Waals surface area contributed by atoms with E-state index in [0.717, 1.165) is 23.6 Å². The first kappa shape index (κ1) is 21.7. The van der Waals surface area contributed by atoms with Gasteiger partial charge in [-0.15, -0.1) is 23.7 Å². The second-order valence-corrected chi connectivity index (χ2v) is 7.86. The Morgan fingerprint density at radius 2 is 1.96 bits per heavy atom. The summed E-state index contributed by atoms with van der Waals surface area (Å²) in [6.07, 6.45) is 6.55. The average molecular weight is 410 g/mol. The van der Waals surface area contributed by atoms with Crippen LogP contribution in [-0.2, 0) is 11.8 Å². The Kier molecular flexibility index (Phi) is 8.07. The van der Waals surface area contributed by atoms with Crippen molar-refractivity contribution in [3.63, 3.8) is 0 Å². The smallest absolute Gasteiger partial charge is 0.270 e. The summed E-state index contributed by atoms with van der Waals surface area (Å²) in [5, 5.41) is 5.87. The molecule has 27 heavy (non-hydrogen) atoms. The number of benzene rings is 1. The van der Waals surface area contributed by atoms with Crippen molar-refractivity contribution in [3.05, 3.63) is 45.9 Å². The van der Waals surface area contributed by atoms with Gasteiger partial charge < -0.3 is 15.8 Å². The number of nitrogens with zero attached hydrogens (tertiary/aromatic N) is 1. The lowest BCUT2D eigenvalue weighted by Gasteiger charge is -2.38. The molecule has 1 aromatic carbocycles. The molecule has 0 spiro atoms. The zero-order valence-electron chi connectivity index (χ0n) is 15.7. The molecule has 3 N–H and O–H groups in total. The summed E-state index contributed by atoms with van der Waals surface area (Å²) < 4.78 is 5.28. The normalized spacial score (nSPS) is 15.6. The maximum absolute atomic E-state index is 12.6. The molecule has 1 saturated carbocycles. The molecule has 148 valence electrons. The Bertz CT molecular complexity index is 727. The van der Waals surface area contributed by atoms with Gasteiger partial charge in [-0.1, -0.05) is 31.4 Å². The number of hydrogen-bond donors (Lipinski definition) is 2. The summed E-state index contributed by atoms with van der Waals surface area (Å²) in [4.78, 5) is 17.0.